The van der Waals surface area contributed by atoms with E-state index >= 15 is 0 Å². The first kappa shape index (κ1) is 12.8. The lowest BCUT2D eigenvalue weighted by molar-refractivity contribution is 0.0676. The van der Waals surface area contributed by atoms with Gasteiger partial charge in [-0.15, -0.1) is 0 Å². The van der Waals surface area contributed by atoms with Crippen LogP contribution in [0.25, 0.3) is 0 Å². The molecule has 0 radical (unpaired) electrons. The minimum absolute atomic E-state index is 0.0748. The Bertz CT molecular complexity index is 435. The lowest BCUT2D eigenvalue weighted by Gasteiger charge is -2.28. The molecule has 2 atom stereocenters. The van der Waals surface area contributed by atoms with E-state index in [9.17, 15) is 4.79 Å². The molecule has 18 heavy (non-hydrogen) atoms. The SMILES string of the molecule is CCC1CCC(C)N1C(=O)c1ccnc(NN)c1. The Morgan fingerprint density at radius 1 is 1.61 bits per heavy atom. The number of nitrogens with two attached hydrogens (primary N) is 1. The monoisotopic (exact) mass is 248 g/mol. The van der Waals surface area contributed by atoms with Crippen LogP contribution in [0.4, 0.5) is 5.82 Å². The molecule has 0 aliphatic carbocycles. The zero-order valence-electron chi connectivity index (χ0n) is 10.9. The first-order valence-corrected chi connectivity index (χ1v) is 6.42. The molecular formula is C13H20N4O. The first-order chi connectivity index (χ1) is 8.67. The summed E-state index contributed by atoms with van der Waals surface area (Å²) in [5.74, 6) is 5.91. The maximum absolute atomic E-state index is 12.5. The van der Waals surface area contributed by atoms with Crippen molar-refractivity contribution in [1.82, 2.24) is 9.88 Å². The van der Waals surface area contributed by atoms with Crippen molar-refractivity contribution in [3.63, 3.8) is 0 Å². The molecule has 2 heterocycles. The summed E-state index contributed by atoms with van der Waals surface area (Å²) in [6.07, 6.45) is 4.78. The lowest BCUT2D eigenvalue weighted by Crippen LogP contribution is -2.39. The van der Waals surface area contributed by atoms with Gasteiger partial charge < -0.3 is 10.3 Å². The summed E-state index contributed by atoms with van der Waals surface area (Å²) < 4.78 is 0. The van der Waals surface area contributed by atoms with Gasteiger partial charge in [-0.3, -0.25) is 4.79 Å². The van der Waals surface area contributed by atoms with Crippen molar-refractivity contribution in [2.24, 2.45) is 5.84 Å². The molecule has 2 rings (SSSR count). The summed E-state index contributed by atoms with van der Waals surface area (Å²) in [6.45, 7) is 4.24. The number of hydrazine groups is 1. The Kier molecular flexibility index (Phi) is 3.81. The van der Waals surface area contributed by atoms with Crippen molar-refractivity contribution in [2.75, 3.05) is 5.43 Å². The summed E-state index contributed by atoms with van der Waals surface area (Å²) in [6, 6.07) is 4.10. The number of carbonyl (C=O) groups is 1. The number of pyridine rings is 1. The Morgan fingerprint density at radius 2 is 2.39 bits per heavy atom. The smallest absolute Gasteiger partial charge is 0.254 e. The molecule has 5 nitrogen and oxygen atoms in total. The molecule has 1 fully saturated rings. The molecule has 5 heteroatoms. The zero-order chi connectivity index (χ0) is 13.1. The fraction of sp³-hybridized carbons (Fsp3) is 0.538. The van der Waals surface area contributed by atoms with E-state index < -0.39 is 0 Å². The zero-order valence-corrected chi connectivity index (χ0v) is 10.9. The fourth-order valence-corrected chi connectivity index (χ4v) is 2.63. The third-order valence-corrected chi connectivity index (χ3v) is 3.65. The molecule has 1 aromatic heterocycles. The van der Waals surface area contributed by atoms with Crippen LogP contribution in [0.1, 0.15) is 43.5 Å². The normalized spacial score (nSPS) is 23.2. The molecule has 0 spiro atoms. The van der Waals surface area contributed by atoms with E-state index in [4.69, 9.17) is 5.84 Å². The third kappa shape index (κ3) is 2.31. The van der Waals surface area contributed by atoms with Crippen LogP contribution in [-0.4, -0.2) is 27.9 Å². The summed E-state index contributed by atoms with van der Waals surface area (Å²) >= 11 is 0. The molecule has 1 amide bonds. The largest absolute Gasteiger partial charge is 0.333 e. The molecule has 1 aliphatic rings. The molecular weight excluding hydrogens is 228 g/mol. The van der Waals surface area contributed by atoms with Crippen LogP contribution in [-0.2, 0) is 0 Å². The topological polar surface area (TPSA) is 71.2 Å². The van der Waals surface area contributed by atoms with Crippen molar-refractivity contribution in [3.8, 4) is 0 Å². The minimum Gasteiger partial charge on any atom is -0.333 e. The van der Waals surface area contributed by atoms with Gasteiger partial charge in [0, 0.05) is 23.8 Å². The predicted octanol–water partition coefficient (Wildman–Crippen LogP) is 1.77. The Morgan fingerprint density at radius 3 is 3.06 bits per heavy atom. The highest BCUT2D eigenvalue weighted by atomic mass is 16.2. The van der Waals surface area contributed by atoms with E-state index in [1.54, 1.807) is 18.3 Å². The maximum Gasteiger partial charge on any atom is 0.254 e. The fourth-order valence-electron chi connectivity index (χ4n) is 2.63. The van der Waals surface area contributed by atoms with Gasteiger partial charge in [0.2, 0.25) is 0 Å². The quantitative estimate of drug-likeness (QED) is 0.631. The number of anilines is 1. The van der Waals surface area contributed by atoms with Crippen molar-refractivity contribution in [1.29, 1.82) is 0 Å². The van der Waals surface area contributed by atoms with E-state index in [2.05, 4.69) is 24.3 Å². The average molecular weight is 248 g/mol. The van der Waals surface area contributed by atoms with Gasteiger partial charge in [0.15, 0.2) is 0 Å². The van der Waals surface area contributed by atoms with Crippen molar-refractivity contribution >= 4 is 11.7 Å². The van der Waals surface area contributed by atoms with Crippen molar-refractivity contribution in [3.05, 3.63) is 23.9 Å². The Hall–Kier alpha value is -1.62. The van der Waals surface area contributed by atoms with Crippen LogP contribution in [0.15, 0.2) is 18.3 Å². The highest BCUT2D eigenvalue weighted by molar-refractivity contribution is 5.95. The molecule has 1 saturated heterocycles. The highest BCUT2D eigenvalue weighted by Crippen LogP contribution is 2.28. The number of hydrogen-bond acceptors (Lipinski definition) is 4. The van der Waals surface area contributed by atoms with Gasteiger partial charge in [-0.25, -0.2) is 10.8 Å². The van der Waals surface area contributed by atoms with Crippen LogP contribution in [0.3, 0.4) is 0 Å². The summed E-state index contributed by atoms with van der Waals surface area (Å²) in [4.78, 5) is 18.5. The second-order valence-electron chi connectivity index (χ2n) is 4.77. The number of carbonyl (C=O) groups excluding carboxylic acids is 1. The number of nitrogen functional groups attached to an aromatic ring is 1. The number of nitrogens with zero attached hydrogens (tertiary/aromatic N) is 2. The summed E-state index contributed by atoms with van der Waals surface area (Å²) in [5, 5.41) is 0. The van der Waals surface area contributed by atoms with Gasteiger partial charge in [0.1, 0.15) is 5.82 Å². The van der Waals surface area contributed by atoms with Gasteiger partial charge in [-0.05, 0) is 38.3 Å². The third-order valence-electron chi connectivity index (χ3n) is 3.65. The Labute approximate surface area is 107 Å². The molecule has 98 valence electrons. The first-order valence-electron chi connectivity index (χ1n) is 6.42. The van der Waals surface area contributed by atoms with Crippen LogP contribution in [0.5, 0.6) is 0 Å². The lowest BCUT2D eigenvalue weighted by atomic mass is 10.1. The van der Waals surface area contributed by atoms with Crippen LogP contribution >= 0.6 is 0 Å². The molecule has 1 aromatic rings. The van der Waals surface area contributed by atoms with Crippen LogP contribution in [0, 0.1) is 0 Å². The second kappa shape index (κ2) is 5.35. The van der Waals surface area contributed by atoms with Crippen molar-refractivity contribution < 1.29 is 4.79 Å². The molecule has 0 aromatic carbocycles. The average Bonchev–Trinajstić information content (AvgIpc) is 2.79. The van der Waals surface area contributed by atoms with Crippen molar-refractivity contribution in [2.45, 2.75) is 45.2 Å². The second-order valence-corrected chi connectivity index (χ2v) is 4.77. The Balaban J connectivity index is 2.24. The standard InChI is InChI=1S/C13H20N4O/c1-3-11-5-4-9(2)17(11)13(18)10-6-7-15-12(8-10)16-14/h6-9,11H,3-5,14H2,1-2H3,(H,15,16). The van der Waals surface area contributed by atoms with Crippen LogP contribution in [0.2, 0.25) is 0 Å². The number of aromatic nitrogens is 1. The minimum atomic E-state index is 0.0748. The molecule has 0 saturated carbocycles. The molecule has 3 N–H and O–H groups in total. The van der Waals surface area contributed by atoms with E-state index in [1.807, 2.05) is 4.90 Å². The van der Waals surface area contributed by atoms with Gasteiger partial charge in [0.05, 0.1) is 0 Å². The van der Waals surface area contributed by atoms with E-state index in [0.717, 1.165) is 19.3 Å². The summed E-state index contributed by atoms with van der Waals surface area (Å²) in [5.41, 5.74) is 3.11. The maximum atomic E-state index is 12.5. The van der Waals surface area contributed by atoms with Crippen LogP contribution < -0.4 is 11.3 Å². The predicted molar refractivity (Wildman–Crippen MR) is 71.0 cm³/mol. The number of rotatable bonds is 3. The molecule has 2 unspecified atom stereocenters. The summed E-state index contributed by atoms with van der Waals surface area (Å²) in [7, 11) is 0. The number of nitrogens with one attached hydrogen (secondary N) is 1. The van der Waals surface area contributed by atoms with E-state index in [1.165, 1.54) is 0 Å². The van der Waals surface area contributed by atoms with Gasteiger partial charge in [0.25, 0.3) is 5.91 Å². The van der Waals surface area contributed by atoms with Gasteiger partial charge in [-0.2, -0.15) is 0 Å². The number of hydrogen-bond donors (Lipinski definition) is 2. The van der Waals surface area contributed by atoms with E-state index in [-0.39, 0.29) is 5.91 Å². The van der Waals surface area contributed by atoms with Gasteiger partial charge in [-0.1, -0.05) is 6.92 Å². The highest BCUT2D eigenvalue weighted by Gasteiger charge is 2.33. The van der Waals surface area contributed by atoms with E-state index in [0.29, 0.717) is 23.5 Å². The molecule has 1 aliphatic heterocycles. The number of amides is 1. The van der Waals surface area contributed by atoms with Gasteiger partial charge >= 0.3 is 0 Å². The molecule has 0 bridgehead atoms. The number of likely N-dealkylation sites (tertiary alicyclic amines) is 1.